The Morgan fingerprint density at radius 3 is 2.86 bits per heavy atom. The fraction of sp³-hybridized carbons (Fsp3) is 0.667. The molecule has 0 unspecified atom stereocenters. The third-order valence-corrected chi connectivity index (χ3v) is 4.52. The van der Waals surface area contributed by atoms with E-state index < -0.39 is 0 Å². The number of carbonyl (C=O) groups is 1. The minimum atomic E-state index is -0.0958. The molecule has 0 aromatic carbocycles. The number of hydrogen-bond acceptors (Lipinski definition) is 5. The lowest BCUT2D eigenvalue weighted by atomic mass is 9.79. The number of aromatic nitrogens is 2. The third kappa shape index (κ3) is 2.85. The first-order chi connectivity index (χ1) is 10.1. The van der Waals surface area contributed by atoms with Crippen LogP contribution in [-0.2, 0) is 9.53 Å². The van der Waals surface area contributed by atoms with Gasteiger partial charge in [-0.2, -0.15) is 0 Å². The lowest BCUT2D eigenvalue weighted by Crippen LogP contribution is -2.65. The zero-order valence-electron chi connectivity index (χ0n) is 12.6. The summed E-state index contributed by atoms with van der Waals surface area (Å²) in [5.74, 6) is 1.32. The van der Waals surface area contributed by atoms with Crippen LogP contribution in [0, 0.1) is 12.8 Å². The van der Waals surface area contributed by atoms with Crippen LogP contribution in [0.5, 0.6) is 0 Å². The van der Waals surface area contributed by atoms with E-state index in [2.05, 4.69) is 15.3 Å². The van der Waals surface area contributed by atoms with Gasteiger partial charge in [0.2, 0.25) is 11.9 Å². The first kappa shape index (κ1) is 14.3. The van der Waals surface area contributed by atoms with E-state index in [9.17, 15) is 4.79 Å². The molecule has 2 fully saturated rings. The van der Waals surface area contributed by atoms with Crippen LogP contribution in [0.1, 0.15) is 25.3 Å². The Labute approximate surface area is 124 Å². The number of nitrogens with zero attached hydrogens (tertiary/aromatic N) is 3. The van der Waals surface area contributed by atoms with E-state index in [4.69, 9.17) is 4.74 Å². The number of rotatable bonds is 4. The minimum absolute atomic E-state index is 0.0958. The lowest BCUT2D eigenvalue weighted by molar-refractivity contribution is -0.163. The average Bonchev–Trinajstić information content (AvgIpc) is 2.83. The van der Waals surface area contributed by atoms with E-state index in [1.165, 1.54) is 0 Å². The van der Waals surface area contributed by atoms with Gasteiger partial charge in [0, 0.05) is 32.5 Å². The molecule has 114 valence electrons. The number of hydrogen-bond donors (Lipinski definition) is 1. The summed E-state index contributed by atoms with van der Waals surface area (Å²) in [6.45, 7) is 6.71. The van der Waals surface area contributed by atoms with Crippen LogP contribution in [0.15, 0.2) is 12.4 Å². The number of ether oxygens (including phenoxy) is 1. The van der Waals surface area contributed by atoms with E-state index in [0.29, 0.717) is 11.9 Å². The lowest BCUT2D eigenvalue weighted by Gasteiger charge is -2.50. The van der Waals surface area contributed by atoms with Crippen LogP contribution in [0.25, 0.3) is 0 Å². The van der Waals surface area contributed by atoms with Crippen molar-refractivity contribution in [3.63, 3.8) is 0 Å². The number of nitrogens with one attached hydrogen (secondary N) is 1. The molecule has 2 aliphatic heterocycles. The molecule has 21 heavy (non-hydrogen) atoms. The predicted octanol–water partition coefficient (Wildman–Crippen LogP) is 1.22. The van der Waals surface area contributed by atoms with E-state index in [0.717, 1.165) is 44.6 Å². The number of amides is 1. The summed E-state index contributed by atoms with van der Waals surface area (Å²) in [5.41, 5.74) is 0.962. The van der Waals surface area contributed by atoms with Crippen molar-refractivity contribution in [1.29, 1.82) is 0 Å². The van der Waals surface area contributed by atoms with E-state index in [1.54, 1.807) is 6.92 Å². The van der Waals surface area contributed by atoms with Gasteiger partial charge in [-0.25, -0.2) is 9.97 Å². The molecule has 1 N–H and O–H groups in total. The molecule has 1 aromatic heterocycles. The van der Waals surface area contributed by atoms with Gasteiger partial charge in [0.05, 0.1) is 13.1 Å². The van der Waals surface area contributed by atoms with Crippen LogP contribution in [-0.4, -0.2) is 52.6 Å². The van der Waals surface area contributed by atoms with Crippen LogP contribution >= 0.6 is 0 Å². The molecule has 6 heteroatoms. The van der Waals surface area contributed by atoms with E-state index >= 15 is 0 Å². The number of anilines is 1. The molecule has 6 nitrogen and oxygen atoms in total. The standard InChI is InChI=1S/C15H22N4O2/c1-11-7-17-14(18-8-11)16-5-3-13-4-6-21-15(13)9-19(10-15)12(2)20/h7-8,13H,3-6,9-10H2,1-2H3,(H,16,17,18)/t13-/m1/s1. The molecular weight excluding hydrogens is 268 g/mol. The zero-order valence-corrected chi connectivity index (χ0v) is 12.6. The van der Waals surface area contributed by atoms with Gasteiger partial charge in [-0.1, -0.05) is 0 Å². The Balaban J connectivity index is 1.49. The van der Waals surface area contributed by atoms with Gasteiger partial charge < -0.3 is 15.0 Å². The summed E-state index contributed by atoms with van der Waals surface area (Å²) in [4.78, 5) is 21.7. The highest BCUT2D eigenvalue weighted by molar-refractivity contribution is 5.74. The van der Waals surface area contributed by atoms with Crippen LogP contribution in [0.2, 0.25) is 0 Å². The molecule has 1 aromatic rings. The minimum Gasteiger partial charge on any atom is -0.371 e. The number of carbonyl (C=O) groups excluding carboxylic acids is 1. The number of aryl methyl sites for hydroxylation is 1. The Morgan fingerprint density at radius 2 is 2.19 bits per heavy atom. The Kier molecular flexibility index (Phi) is 3.80. The highest BCUT2D eigenvalue weighted by atomic mass is 16.5. The van der Waals surface area contributed by atoms with Gasteiger partial charge in [0.15, 0.2) is 0 Å². The smallest absolute Gasteiger partial charge is 0.222 e. The maximum atomic E-state index is 11.3. The predicted molar refractivity (Wildman–Crippen MR) is 78.9 cm³/mol. The molecule has 2 saturated heterocycles. The summed E-state index contributed by atoms with van der Waals surface area (Å²) in [7, 11) is 0. The first-order valence-electron chi connectivity index (χ1n) is 7.51. The third-order valence-electron chi connectivity index (χ3n) is 4.52. The van der Waals surface area contributed by atoms with Crippen molar-refractivity contribution in [1.82, 2.24) is 14.9 Å². The zero-order chi connectivity index (χ0) is 14.9. The normalized spacial score (nSPS) is 23.1. The van der Waals surface area contributed by atoms with Crippen molar-refractivity contribution < 1.29 is 9.53 Å². The molecule has 0 aliphatic carbocycles. The molecule has 0 bridgehead atoms. The van der Waals surface area contributed by atoms with Crippen molar-refractivity contribution >= 4 is 11.9 Å². The second kappa shape index (κ2) is 5.60. The van der Waals surface area contributed by atoms with Gasteiger partial charge in [0.1, 0.15) is 5.60 Å². The fourth-order valence-corrected chi connectivity index (χ4v) is 3.21. The molecule has 1 atom stereocenters. The van der Waals surface area contributed by atoms with Crippen molar-refractivity contribution in [2.24, 2.45) is 5.92 Å². The molecule has 1 amide bonds. The molecule has 3 rings (SSSR count). The molecule has 1 spiro atoms. The highest BCUT2D eigenvalue weighted by Gasteiger charge is 2.53. The summed E-state index contributed by atoms with van der Waals surface area (Å²) in [6.07, 6.45) is 5.71. The topological polar surface area (TPSA) is 67.3 Å². The average molecular weight is 290 g/mol. The number of likely N-dealkylation sites (tertiary alicyclic amines) is 1. The van der Waals surface area contributed by atoms with Gasteiger partial charge in [-0.05, 0) is 31.2 Å². The summed E-state index contributed by atoms with van der Waals surface area (Å²) < 4.78 is 5.94. The highest BCUT2D eigenvalue weighted by Crippen LogP contribution is 2.41. The largest absolute Gasteiger partial charge is 0.371 e. The molecule has 2 aliphatic rings. The maximum absolute atomic E-state index is 11.3. The van der Waals surface area contributed by atoms with Crippen molar-refractivity contribution in [3.05, 3.63) is 18.0 Å². The van der Waals surface area contributed by atoms with E-state index in [-0.39, 0.29) is 11.5 Å². The Hall–Kier alpha value is -1.69. The second-order valence-corrected chi connectivity index (χ2v) is 6.07. The van der Waals surface area contributed by atoms with Gasteiger partial charge >= 0.3 is 0 Å². The molecule has 0 saturated carbocycles. The monoisotopic (exact) mass is 290 g/mol. The summed E-state index contributed by atoms with van der Waals surface area (Å²) in [5, 5.41) is 3.26. The summed E-state index contributed by atoms with van der Waals surface area (Å²) in [6, 6.07) is 0. The van der Waals surface area contributed by atoms with Crippen molar-refractivity contribution in [2.45, 2.75) is 32.3 Å². The van der Waals surface area contributed by atoms with Gasteiger partial charge in [-0.15, -0.1) is 0 Å². The Bertz CT molecular complexity index is 511. The van der Waals surface area contributed by atoms with Crippen LogP contribution in [0.3, 0.4) is 0 Å². The second-order valence-electron chi connectivity index (χ2n) is 6.07. The summed E-state index contributed by atoms with van der Waals surface area (Å²) >= 11 is 0. The van der Waals surface area contributed by atoms with Gasteiger partial charge in [0.25, 0.3) is 0 Å². The fourth-order valence-electron chi connectivity index (χ4n) is 3.21. The molecule has 3 heterocycles. The quantitative estimate of drug-likeness (QED) is 0.903. The van der Waals surface area contributed by atoms with E-state index in [1.807, 2.05) is 24.2 Å². The molecule has 0 radical (unpaired) electrons. The SMILES string of the molecule is CC(=O)N1CC2(C1)OCC[C@H]2CCNc1ncc(C)cn1. The van der Waals surface area contributed by atoms with Crippen LogP contribution < -0.4 is 5.32 Å². The molecular formula is C15H22N4O2. The van der Waals surface area contributed by atoms with Gasteiger partial charge in [-0.3, -0.25) is 4.79 Å². The maximum Gasteiger partial charge on any atom is 0.222 e. The van der Waals surface area contributed by atoms with Crippen molar-refractivity contribution in [3.8, 4) is 0 Å². The Morgan fingerprint density at radius 1 is 1.48 bits per heavy atom. The van der Waals surface area contributed by atoms with Crippen LogP contribution in [0.4, 0.5) is 5.95 Å². The first-order valence-corrected chi connectivity index (χ1v) is 7.51. The van der Waals surface area contributed by atoms with Crippen molar-refractivity contribution in [2.75, 3.05) is 31.6 Å².